The van der Waals surface area contributed by atoms with Crippen molar-refractivity contribution in [2.45, 2.75) is 6.92 Å². The van der Waals surface area contributed by atoms with Crippen molar-refractivity contribution in [3.05, 3.63) is 84.4 Å². The molecule has 0 atom stereocenters. The number of ether oxygens (including phenoxy) is 2. The average molecular weight is 398 g/mol. The van der Waals surface area contributed by atoms with Crippen molar-refractivity contribution in [1.82, 2.24) is 4.98 Å². The number of nitrogens with one attached hydrogen (secondary N) is 1. The minimum Gasteiger partial charge on any atom is -0.496 e. The van der Waals surface area contributed by atoms with E-state index >= 15 is 0 Å². The summed E-state index contributed by atoms with van der Waals surface area (Å²) < 4.78 is 11.2. The number of hydrogen-bond acceptors (Lipinski definition) is 4. The lowest BCUT2D eigenvalue weighted by atomic mass is 10.1. The van der Waals surface area contributed by atoms with Crippen LogP contribution in [-0.2, 0) is 0 Å². The third-order valence-corrected chi connectivity index (χ3v) is 4.75. The number of nitrogens with zero attached hydrogens (tertiary/aromatic N) is 1. The van der Waals surface area contributed by atoms with Gasteiger partial charge in [0.2, 0.25) is 0 Å². The van der Waals surface area contributed by atoms with Crippen LogP contribution in [0.3, 0.4) is 0 Å². The summed E-state index contributed by atoms with van der Waals surface area (Å²) in [4.78, 5) is 17.5. The number of amides is 1. The highest BCUT2D eigenvalue weighted by molar-refractivity contribution is 6.07. The third kappa shape index (κ3) is 3.96. The minimum absolute atomic E-state index is 0.237. The first kappa shape index (κ1) is 19.5. The topological polar surface area (TPSA) is 60.5 Å². The molecule has 0 saturated carbocycles. The molecule has 1 N–H and O–H groups in total. The first-order chi connectivity index (χ1) is 14.7. The second-order valence-electron chi connectivity index (χ2n) is 6.69. The zero-order chi connectivity index (χ0) is 20.9. The van der Waals surface area contributed by atoms with Gasteiger partial charge >= 0.3 is 0 Å². The van der Waals surface area contributed by atoms with Crippen LogP contribution in [0.2, 0.25) is 0 Å². The number of carbonyl (C=O) groups excluding carboxylic acids is 1. The van der Waals surface area contributed by atoms with Gasteiger partial charge in [-0.05, 0) is 37.3 Å². The van der Waals surface area contributed by atoms with Crippen LogP contribution < -0.4 is 14.8 Å². The Morgan fingerprint density at radius 3 is 2.47 bits per heavy atom. The molecule has 4 rings (SSSR count). The number of rotatable bonds is 6. The minimum atomic E-state index is -0.237. The fourth-order valence-corrected chi connectivity index (χ4v) is 3.33. The molecule has 30 heavy (non-hydrogen) atoms. The van der Waals surface area contributed by atoms with Crippen molar-refractivity contribution < 1.29 is 14.3 Å². The maximum Gasteiger partial charge on any atom is 0.259 e. The van der Waals surface area contributed by atoms with Gasteiger partial charge in [0, 0.05) is 22.7 Å². The van der Waals surface area contributed by atoms with Crippen molar-refractivity contribution in [3.63, 3.8) is 0 Å². The second kappa shape index (κ2) is 8.66. The van der Waals surface area contributed by atoms with Crippen LogP contribution in [0, 0.1) is 0 Å². The molecule has 3 aromatic carbocycles. The molecule has 0 aliphatic heterocycles. The van der Waals surface area contributed by atoms with Gasteiger partial charge in [0.15, 0.2) is 0 Å². The maximum absolute atomic E-state index is 12.7. The van der Waals surface area contributed by atoms with E-state index < -0.39 is 0 Å². The number of methoxy groups -OCH3 is 1. The number of aromatic nitrogens is 1. The van der Waals surface area contributed by atoms with Gasteiger partial charge in [-0.15, -0.1) is 0 Å². The Morgan fingerprint density at radius 2 is 1.70 bits per heavy atom. The summed E-state index contributed by atoms with van der Waals surface area (Å²) in [5.41, 5.74) is 3.80. The zero-order valence-corrected chi connectivity index (χ0v) is 16.9. The Hall–Kier alpha value is -3.86. The summed E-state index contributed by atoms with van der Waals surface area (Å²) >= 11 is 0. The van der Waals surface area contributed by atoms with Crippen LogP contribution in [0.1, 0.15) is 17.3 Å². The van der Waals surface area contributed by atoms with Gasteiger partial charge in [-0.3, -0.25) is 4.79 Å². The smallest absolute Gasteiger partial charge is 0.259 e. The number of benzene rings is 3. The second-order valence-corrected chi connectivity index (χ2v) is 6.69. The molecule has 1 aromatic heterocycles. The molecule has 0 unspecified atom stereocenters. The number of anilines is 1. The number of hydrogen-bond donors (Lipinski definition) is 1. The molecule has 5 nitrogen and oxygen atoms in total. The molecule has 0 saturated heterocycles. The SMILES string of the molecule is CCOc1cc(-c2ccccc2)nc2ccc(NC(=O)c3ccccc3OC)cc12. The van der Waals surface area contributed by atoms with Crippen LogP contribution in [-0.4, -0.2) is 24.6 Å². The number of pyridine rings is 1. The monoisotopic (exact) mass is 398 g/mol. The van der Waals surface area contributed by atoms with Crippen LogP contribution in [0.25, 0.3) is 22.2 Å². The molecule has 0 fully saturated rings. The quantitative estimate of drug-likeness (QED) is 0.462. The highest BCUT2D eigenvalue weighted by atomic mass is 16.5. The van der Waals surface area contributed by atoms with Crippen LogP contribution >= 0.6 is 0 Å². The van der Waals surface area contributed by atoms with Crippen molar-refractivity contribution >= 4 is 22.5 Å². The maximum atomic E-state index is 12.7. The largest absolute Gasteiger partial charge is 0.496 e. The van der Waals surface area contributed by atoms with E-state index in [1.807, 2.05) is 67.6 Å². The van der Waals surface area contributed by atoms with Crippen molar-refractivity contribution in [3.8, 4) is 22.8 Å². The highest BCUT2D eigenvalue weighted by Crippen LogP contribution is 2.32. The Bertz CT molecular complexity index is 1190. The van der Waals surface area contributed by atoms with E-state index in [9.17, 15) is 4.79 Å². The molecule has 0 spiro atoms. The summed E-state index contributed by atoms with van der Waals surface area (Å²) in [5, 5.41) is 3.78. The zero-order valence-electron chi connectivity index (χ0n) is 16.9. The summed E-state index contributed by atoms with van der Waals surface area (Å²) in [6, 6.07) is 24.7. The summed E-state index contributed by atoms with van der Waals surface area (Å²) in [6.07, 6.45) is 0. The molecule has 1 amide bonds. The van der Waals surface area contributed by atoms with Gasteiger partial charge in [0.1, 0.15) is 11.5 Å². The Labute approximate surface area is 175 Å². The van der Waals surface area contributed by atoms with Crippen LogP contribution in [0.5, 0.6) is 11.5 Å². The molecule has 150 valence electrons. The molecular formula is C25H22N2O3. The summed E-state index contributed by atoms with van der Waals surface area (Å²) in [5.74, 6) is 1.02. The van der Waals surface area contributed by atoms with E-state index in [0.717, 1.165) is 27.9 Å². The summed E-state index contributed by atoms with van der Waals surface area (Å²) in [6.45, 7) is 2.48. The third-order valence-electron chi connectivity index (χ3n) is 4.75. The molecule has 0 aliphatic carbocycles. The van der Waals surface area contributed by atoms with Gasteiger partial charge in [0.05, 0.1) is 30.5 Å². The van der Waals surface area contributed by atoms with E-state index in [1.165, 1.54) is 0 Å². The van der Waals surface area contributed by atoms with E-state index in [2.05, 4.69) is 5.32 Å². The lowest BCUT2D eigenvalue weighted by molar-refractivity contribution is 0.102. The Kier molecular flexibility index (Phi) is 5.61. The van der Waals surface area contributed by atoms with E-state index in [-0.39, 0.29) is 5.91 Å². The van der Waals surface area contributed by atoms with E-state index in [4.69, 9.17) is 14.5 Å². The predicted octanol–water partition coefficient (Wildman–Crippen LogP) is 5.56. The molecule has 1 heterocycles. The van der Waals surface area contributed by atoms with Gasteiger partial charge in [-0.25, -0.2) is 4.98 Å². The molecular weight excluding hydrogens is 376 g/mol. The molecule has 4 aromatic rings. The average Bonchev–Trinajstić information content (AvgIpc) is 2.80. The Balaban J connectivity index is 1.71. The normalized spacial score (nSPS) is 10.6. The van der Waals surface area contributed by atoms with Gasteiger partial charge in [-0.1, -0.05) is 42.5 Å². The fraction of sp³-hybridized carbons (Fsp3) is 0.120. The van der Waals surface area contributed by atoms with Crippen LogP contribution in [0.4, 0.5) is 5.69 Å². The number of carbonyl (C=O) groups is 1. The highest BCUT2D eigenvalue weighted by Gasteiger charge is 2.14. The molecule has 0 bridgehead atoms. The number of fused-ring (bicyclic) bond motifs is 1. The molecule has 0 radical (unpaired) electrons. The first-order valence-electron chi connectivity index (χ1n) is 9.77. The summed E-state index contributed by atoms with van der Waals surface area (Å²) in [7, 11) is 1.55. The van der Waals surface area contributed by atoms with Crippen molar-refractivity contribution in [2.24, 2.45) is 0 Å². The first-order valence-corrected chi connectivity index (χ1v) is 9.77. The fourth-order valence-electron chi connectivity index (χ4n) is 3.33. The van der Waals surface area contributed by atoms with Gasteiger partial charge < -0.3 is 14.8 Å². The molecule has 0 aliphatic rings. The molecule has 5 heteroatoms. The number of para-hydroxylation sites is 1. The van der Waals surface area contributed by atoms with Crippen molar-refractivity contribution in [2.75, 3.05) is 19.0 Å². The standard InChI is InChI=1S/C25H22N2O3/c1-3-30-24-16-22(17-9-5-4-6-10-17)27-21-14-13-18(15-20(21)24)26-25(28)19-11-7-8-12-23(19)29-2/h4-16H,3H2,1-2H3,(H,26,28). The predicted molar refractivity (Wildman–Crippen MR) is 119 cm³/mol. The lowest BCUT2D eigenvalue weighted by Gasteiger charge is -2.13. The van der Waals surface area contributed by atoms with Gasteiger partial charge in [-0.2, -0.15) is 0 Å². The lowest BCUT2D eigenvalue weighted by Crippen LogP contribution is -2.13. The van der Waals surface area contributed by atoms with Crippen LogP contribution in [0.15, 0.2) is 78.9 Å². The van der Waals surface area contributed by atoms with Gasteiger partial charge in [0.25, 0.3) is 5.91 Å². The van der Waals surface area contributed by atoms with E-state index in [0.29, 0.717) is 23.6 Å². The Morgan fingerprint density at radius 1 is 0.933 bits per heavy atom. The van der Waals surface area contributed by atoms with Crippen molar-refractivity contribution in [1.29, 1.82) is 0 Å². The van der Waals surface area contributed by atoms with E-state index in [1.54, 1.807) is 25.3 Å².